The lowest BCUT2D eigenvalue weighted by Gasteiger charge is -2.38. The average Bonchev–Trinajstić information content (AvgIpc) is 2.36. The van der Waals surface area contributed by atoms with Crippen molar-refractivity contribution in [2.24, 2.45) is 0 Å². The molecule has 0 amide bonds. The summed E-state index contributed by atoms with van der Waals surface area (Å²) in [4.78, 5) is 0. The van der Waals surface area contributed by atoms with Crippen molar-refractivity contribution in [1.29, 1.82) is 0 Å². The number of hydrogen-bond acceptors (Lipinski definition) is 1. The molecule has 0 rings (SSSR count). The van der Waals surface area contributed by atoms with Crippen molar-refractivity contribution in [3.8, 4) is 0 Å². The molecule has 0 aliphatic heterocycles. The molecule has 0 radical (unpaired) electrons. The first kappa shape index (κ1) is 18.9. The van der Waals surface area contributed by atoms with Gasteiger partial charge in [0.25, 0.3) is 0 Å². The second-order valence-electron chi connectivity index (χ2n) is 6.28. The minimum atomic E-state index is -0.0338. The zero-order valence-electron chi connectivity index (χ0n) is 13.8. The highest BCUT2D eigenvalue weighted by Crippen LogP contribution is 2.12. The normalized spacial score (nSPS) is 14.5. The number of unbranched alkanes of at least 4 members (excludes halogenated alkanes) is 10. The van der Waals surface area contributed by atoms with Crippen LogP contribution >= 0.6 is 0 Å². The van der Waals surface area contributed by atoms with Gasteiger partial charge in [-0.25, -0.2) is 0 Å². The quantitative estimate of drug-likeness (QED) is 0.227. The van der Waals surface area contributed by atoms with Crippen molar-refractivity contribution >= 4 is 0 Å². The Morgan fingerprint density at radius 2 is 1.00 bits per heavy atom. The topological polar surface area (TPSA) is 23.1 Å². The Balaban J connectivity index is 3.14. The maximum atomic E-state index is 11.9. The molecule has 0 N–H and O–H groups in total. The van der Waals surface area contributed by atoms with Gasteiger partial charge in [0.15, 0.2) is 0 Å². The molecule has 2 nitrogen and oxygen atoms in total. The Morgan fingerprint density at radius 1 is 0.579 bits per heavy atom. The number of nitrogens with zero attached hydrogens (tertiary/aromatic N) is 1. The summed E-state index contributed by atoms with van der Waals surface area (Å²) in [5.74, 6) is 0. The van der Waals surface area contributed by atoms with Crippen LogP contribution in [0, 0.1) is 5.21 Å². The van der Waals surface area contributed by atoms with E-state index in [0.29, 0.717) is 0 Å². The molecule has 0 bridgehead atoms. The van der Waals surface area contributed by atoms with Gasteiger partial charge in [-0.3, -0.25) is 0 Å². The van der Waals surface area contributed by atoms with Gasteiger partial charge < -0.3 is 9.85 Å². The third kappa shape index (κ3) is 14.1. The molecule has 0 saturated carbocycles. The van der Waals surface area contributed by atoms with Crippen LogP contribution in [0.15, 0.2) is 0 Å². The van der Waals surface area contributed by atoms with Crippen LogP contribution in [0.3, 0.4) is 0 Å². The highest BCUT2D eigenvalue weighted by Gasteiger charge is 2.07. The summed E-state index contributed by atoms with van der Waals surface area (Å²) < 4.78 is -0.0338. The maximum absolute atomic E-state index is 11.9. The van der Waals surface area contributed by atoms with Crippen molar-refractivity contribution in [1.82, 2.24) is 0 Å². The highest BCUT2D eigenvalue weighted by atomic mass is 16.5. The molecule has 0 aromatic heterocycles. The molecule has 1 unspecified atom stereocenters. The lowest BCUT2D eigenvalue weighted by molar-refractivity contribution is -0.861. The lowest BCUT2D eigenvalue weighted by atomic mass is 10.1. The van der Waals surface area contributed by atoms with E-state index in [-0.39, 0.29) is 4.65 Å². The SMILES string of the molecule is CCCCCCCCCCCCC[N+](C)([O-])CCC. The van der Waals surface area contributed by atoms with Crippen molar-refractivity contribution in [2.75, 3.05) is 20.1 Å². The van der Waals surface area contributed by atoms with Gasteiger partial charge >= 0.3 is 0 Å². The summed E-state index contributed by atoms with van der Waals surface area (Å²) in [6, 6.07) is 0. The summed E-state index contributed by atoms with van der Waals surface area (Å²) in [5, 5.41) is 11.9. The first-order valence-corrected chi connectivity index (χ1v) is 8.68. The predicted molar refractivity (Wildman–Crippen MR) is 86.0 cm³/mol. The standard InChI is InChI=1S/C17H37NO/c1-4-6-7-8-9-10-11-12-13-14-15-17-18(3,19)16-5-2/h4-17H2,1-3H3. The Kier molecular flexibility index (Phi) is 12.9. The lowest BCUT2D eigenvalue weighted by Crippen LogP contribution is -2.38. The Labute approximate surface area is 121 Å². The van der Waals surface area contributed by atoms with E-state index in [2.05, 4.69) is 13.8 Å². The van der Waals surface area contributed by atoms with Gasteiger partial charge in [0.2, 0.25) is 0 Å². The Morgan fingerprint density at radius 3 is 1.42 bits per heavy atom. The summed E-state index contributed by atoms with van der Waals surface area (Å²) in [6.45, 7) is 5.95. The molecular formula is C17H37NO. The van der Waals surface area contributed by atoms with Crippen molar-refractivity contribution < 1.29 is 4.65 Å². The zero-order valence-corrected chi connectivity index (χ0v) is 13.8. The van der Waals surface area contributed by atoms with Crippen LogP contribution in [0.25, 0.3) is 0 Å². The third-order valence-electron chi connectivity index (χ3n) is 3.93. The monoisotopic (exact) mass is 271 g/mol. The Bertz CT molecular complexity index is 180. The molecule has 0 aromatic rings. The first-order chi connectivity index (χ1) is 9.12. The molecule has 0 spiro atoms. The van der Waals surface area contributed by atoms with Gasteiger partial charge in [0.05, 0.1) is 20.1 Å². The van der Waals surface area contributed by atoms with Gasteiger partial charge in [-0.05, 0) is 19.3 Å². The molecule has 116 valence electrons. The second-order valence-corrected chi connectivity index (χ2v) is 6.28. The van der Waals surface area contributed by atoms with Crippen LogP contribution in [-0.4, -0.2) is 24.8 Å². The fourth-order valence-electron chi connectivity index (χ4n) is 2.70. The van der Waals surface area contributed by atoms with E-state index in [4.69, 9.17) is 0 Å². The first-order valence-electron chi connectivity index (χ1n) is 8.68. The van der Waals surface area contributed by atoms with Crippen LogP contribution < -0.4 is 0 Å². The highest BCUT2D eigenvalue weighted by molar-refractivity contribution is 4.48. The minimum absolute atomic E-state index is 0.0338. The molecule has 0 aliphatic rings. The minimum Gasteiger partial charge on any atom is -0.633 e. The smallest absolute Gasteiger partial charge is 0.0781 e. The fraction of sp³-hybridized carbons (Fsp3) is 1.00. The van der Waals surface area contributed by atoms with E-state index in [1.165, 1.54) is 64.2 Å². The van der Waals surface area contributed by atoms with Crippen LogP contribution in [0.4, 0.5) is 0 Å². The van der Waals surface area contributed by atoms with Crippen LogP contribution in [0.1, 0.15) is 90.9 Å². The van der Waals surface area contributed by atoms with Crippen molar-refractivity contribution in [3.05, 3.63) is 5.21 Å². The molecule has 0 aromatic carbocycles. The van der Waals surface area contributed by atoms with Gasteiger partial charge in [-0.2, -0.15) is 0 Å². The number of hydrogen-bond donors (Lipinski definition) is 0. The number of hydroxylamine groups is 3. The molecular weight excluding hydrogens is 234 g/mol. The van der Waals surface area contributed by atoms with E-state index in [1.54, 1.807) is 0 Å². The zero-order chi connectivity index (χ0) is 14.4. The van der Waals surface area contributed by atoms with E-state index in [0.717, 1.165) is 25.9 Å². The van der Waals surface area contributed by atoms with Crippen molar-refractivity contribution in [2.45, 2.75) is 90.9 Å². The molecule has 0 saturated heterocycles. The van der Waals surface area contributed by atoms with Gasteiger partial charge in [0.1, 0.15) is 0 Å². The van der Waals surface area contributed by atoms with E-state index >= 15 is 0 Å². The maximum Gasteiger partial charge on any atom is 0.0781 e. The Hall–Kier alpha value is -0.0800. The largest absolute Gasteiger partial charge is 0.633 e. The molecule has 1 atom stereocenters. The van der Waals surface area contributed by atoms with E-state index in [1.807, 2.05) is 7.05 Å². The predicted octanol–water partition coefficient (Wildman–Crippen LogP) is 5.65. The number of quaternary nitrogens is 1. The van der Waals surface area contributed by atoms with Crippen LogP contribution in [0.5, 0.6) is 0 Å². The number of rotatable bonds is 14. The second kappa shape index (κ2) is 12.9. The van der Waals surface area contributed by atoms with E-state index in [9.17, 15) is 5.21 Å². The van der Waals surface area contributed by atoms with Gasteiger partial charge in [-0.1, -0.05) is 71.6 Å². The van der Waals surface area contributed by atoms with Gasteiger partial charge in [0, 0.05) is 0 Å². The van der Waals surface area contributed by atoms with Crippen molar-refractivity contribution in [3.63, 3.8) is 0 Å². The van der Waals surface area contributed by atoms with Crippen LogP contribution in [-0.2, 0) is 0 Å². The van der Waals surface area contributed by atoms with Crippen LogP contribution in [0.2, 0.25) is 0 Å². The fourth-order valence-corrected chi connectivity index (χ4v) is 2.70. The average molecular weight is 271 g/mol. The third-order valence-corrected chi connectivity index (χ3v) is 3.93. The molecule has 0 aliphatic carbocycles. The summed E-state index contributed by atoms with van der Waals surface area (Å²) in [7, 11) is 1.82. The molecule has 19 heavy (non-hydrogen) atoms. The molecule has 0 fully saturated rings. The summed E-state index contributed by atoms with van der Waals surface area (Å²) in [6.07, 6.45) is 15.9. The molecule has 2 heteroatoms. The summed E-state index contributed by atoms with van der Waals surface area (Å²) >= 11 is 0. The summed E-state index contributed by atoms with van der Waals surface area (Å²) in [5.41, 5.74) is 0. The molecule has 0 heterocycles. The van der Waals surface area contributed by atoms with Gasteiger partial charge in [-0.15, -0.1) is 0 Å². The van der Waals surface area contributed by atoms with E-state index < -0.39 is 0 Å².